The van der Waals surface area contributed by atoms with Crippen LogP contribution in [0.3, 0.4) is 0 Å². The van der Waals surface area contributed by atoms with Gasteiger partial charge in [0.2, 0.25) is 11.8 Å². The number of methoxy groups -OCH3 is 1. The van der Waals surface area contributed by atoms with Crippen molar-refractivity contribution in [3.8, 4) is 0 Å². The summed E-state index contributed by atoms with van der Waals surface area (Å²) in [6, 6.07) is 0. The molecule has 6 nitrogen and oxygen atoms in total. The molecule has 1 atom stereocenters. The Morgan fingerprint density at radius 3 is 2.86 bits per heavy atom. The normalized spacial score (nSPS) is 22.7. The van der Waals surface area contributed by atoms with Crippen LogP contribution in [0.25, 0.3) is 0 Å². The highest BCUT2D eigenvalue weighted by atomic mass is 16.5. The third-order valence-electron chi connectivity index (χ3n) is 4.60. The van der Waals surface area contributed by atoms with Gasteiger partial charge in [0.05, 0.1) is 13.2 Å². The molecule has 2 fully saturated rings. The number of amides is 2. The molecule has 2 heterocycles. The average Bonchev–Trinajstić information content (AvgIpc) is 2.90. The van der Waals surface area contributed by atoms with Gasteiger partial charge in [-0.25, -0.2) is 0 Å². The molecule has 0 spiro atoms. The summed E-state index contributed by atoms with van der Waals surface area (Å²) in [5, 5.41) is 0. The van der Waals surface area contributed by atoms with Gasteiger partial charge in [0.15, 0.2) is 0 Å². The molecule has 0 bridgehead atoms. The Morgan fingerprint density at radius 2 is 2.18 bits per heavy atom. The first kappa shape index (κ1) is 17.2. The molecular weight excluding hydrogens is 282 g/mol. The number of hydrogen-bond donors (Lipinski definition) is 0. The van der Waals surface area contributed by atoms with E-state index in [0.29, 0.717) is 25.5 Å². The molecule has 6 heteroatoms. The molecular formula is C16H29N3O3. The van der Waals surface area contributed by atoms with Crippen LogP contribution >= 0.6 is 0 Å². The zero-order valence-corrected chi connectivity index (χ0v) is 13.9. The summed E-state index contributed by atoms with van der Waals surface area (Å²) in [7, 11) is 3.62. The monoisotopic (exact) mass is 311 g/mol. The number of carbonyl (C=O) groups excluding carboxylic acids is 2. The lowest BCUT2D eigenvalue weighted by Crippen LogP contribution is -2.47. The van der Waals surface area contributed by atoms with Gasteiger partial charge in [0.1, 0.15) is 0 Å². The number of nitrogens with zero attached hydrogens (tertiary/aromatic N) is 3. The second-order valence-electron chi connectivity index (χ2n) is 6.52. The van der Waals surface area contributed by atoms with Crippen molar-refractivity contribution in [1.29, 1.82) is 0 Å². The van der Waals surface area contributed by atoms with Gasteiger partial charge in [-0.2, -0.15) is 0 Å². The van der Waals surface area contributed by atoms with Crippen molar-refractivity contribution in [2.24, 2.45) is 5.92 Å². The Bertz CT molecular complexity index is 389. The maximum atomic E-state index is 12.4. The molecule has 0 N–H and O–H groups in total. The second-order valence-corrected chi connectivity index (χ2v) is 6.52. The van der Waals surface area contributed by atoms with E-state index in [-0.39, 0.29) is 11.8 Å². The Morgan fingerprint density at radius 1 is 1.36 bits per heavy atom. The maximum absolute atomic E-state index is 12.4. The first-order valence-corrected chi connectivity index (χ1v) is 8.33. The van der Waals surface area contributed by atoms with Gasteiger partial charge in [-0.1, -0.05) is 0 Å². The standard InChI is InChI=1S/C16H29N3O3/c1-17(9-10-22-2)13-16(21)19-7-3-5-14(12-19)11-18-8-4-6-15(18)20/h14H,3-13H2,1-2H3/t14-/m1/s1. The number of carbonyl (C=O) groups is 2. The minimum absolute atomic E-state index is 0.191. The fraction of sp³-hybridized carbons (Fsp3) is 0.875. The molecule has 2 aliphatic rings. The minimum atomic E-state index is 0.191. The fourth-order valence-electron chi connectivity index (χ4n) is 3.31. The Balaban J connectivity index is 1.77. The first-order chi connectivity index (χ1) is 10.6. The lowest BCUT2D eigenvalue weighted by Gasteiger charge is -2.35. The van der Waals surface area contributed by atoms with E-state index in [1.165, 1.54) is 0 Å². The van der Waals surface area contributed by atoms with Crippen LogP contribution in [-0.4, -0.2) is 86.5 Å². The number of likely N-dealkylation sites (N-methyl/N-ethyl adjacent to an activating group) is 1. The molecule has 126 valence electrons. The highest BCUT2D eigenvalue weighted by Crippen LogP contribution is 2.20. The summed E-state index contributed by atoms with van der Waals surface area (Å²) in [5.41, 5.74) is 0. The van der Waals surface area contributed by atoms with Gasteiger partial charge in [-0.3, -0.25) is 14.5 Å². The van der Waals surface area contributed by atoms with Crippen LogP contribution in [0.15, 0.2) is 0 Å². The Kier molecular flexibility index (Phi) is 6.64. The van der Waals surface area contributed by atoms with Crippen molar-refractivity contribution in [2.45, 2.75) is 25.7 Å². The van der Waals surface area contributed by atoms with Crippen LogP contribution in [0.1, 0.15) is 25.7 Å². The van der Waals surface area contributed by atoms with E-state index < -0.39 is 0 Å². The molecule has 2 saturated heterocycles. The van der Waals surface area contributed by atoms with Gasteiger partial charge in [0, 0.05) is 46.3 Å². The minimum Gasteiger partial charge on any atom is -0.383 e. The van der Waals surface area contributed by atoms with Gasteiger partial charge < -0.3 is 14.5 Å². The van der Waals surface area contributed by atoms with E-state index >= 15 is 0 Å². The molecule has 2 rings (SSSR count). The van der Waals surface area contributed by atoms with Crippen molar-refractivity contribution in [3.05, 3.63) is 0 Å². The summed E-state index contributed by atoms with van der Waals surface area (Å²) >= 11 is 0. The average molecular weight is 311 g/mol. The number of hydrogen-bond acceptors (Lipinski definition) is 4. The smallest absolute Gasteiger partial charge is 0.236 e. The van der Waals surface area contributed by atoms with Crippen LogP contribution in [0.5, 0.6) is 0 Å². The zero-order chi connectivity index (χ0) is 15.9. The largest absolute Gasteiger partial charge is 0.383 e. The molecule has 0 radical (unpaired) electrons. The Labute approximate surface area is 133 Å². The SMILES string of the molecule is COCCN(C)CC(=O)N1CCC[C@H](CN2CCCC2=O)C1. The highest BCUT2D eigenvalue weighted by molar-refractivity contribution is 5.79. The van der Waals surface area contributed by atoms with Crippen molar-refractivity contribution < 1.29 is 14.3 Å². The molecule has 0 aliphatic carbocycles. The van der Waals surface area contributed by atoms with Crippen LogP contribution in [-0.2, 0) is 14.3 Å². The van der Waals surface area contributed by atoms with Gasteiger partial charge in [-0.05, 0) is 32.2 Å². The molecule has 0 aromatic carbocycles. The van der Waals surface area contributed by atoms with E-state index in [4.69, 9.17) is 4.74 Å². The second kappa shape index (κ2) is 8.48. The summed E-state index contributed by atoms with van der Waals surface area (Å²) in [4.78, 5) is 30.1. The first-order valence-electron chi connectivity index (χ1n) is 8.33. The van der Waals surface area contributed by atoms with E-state index in [2.05, 4.69) is 0 Å². The summed E-state index contributed by atoms with van der Waals surface area (Å²) < 4.78 is 5.04. The molecule has 0 aromatic rings. The predicted octanol–water partition coefficient (Wildman–Crippen LogP) is 0.426. The van der Waals surface area contributed by atoms with Crippen LogP contribution in [0.2, 0.25) is 0 Å². The van der Waals surface area contributed by atoms with Gasteiger partial charge in [-0.15, -0.1) is 0 Å². The van der Waals surface area contributed by atoms with Crippen LogP contribution < -0.4 is 0 Å². The molecule has 0 aromatic heterocycles. The van der Waals surface area contributed by atoms with E-state index in [1.54, 1.807) is 7.11 Å². The van der Waals surface area contributed by atoms with Crippen molar-refractivity contribution in [2.75, 3.05) is 60.0 Å². The number of likely N-dealkylation sites (tertiary alicyclic amines) is 2. The summed E-state index contributed by atoms with van der Waals surface area (Å²) in [5.74, 6) is 0.905. The highest BCUT2D eigenvalue weighted by Gasteiger charge is 2.28. The van der Waals surface area contributed by atoms with Crippen LogP contribution in [0, 0.1) is 5.92 Å². The third kappa shape index (κ3) is 4.95. The van der Waals surface area contributed by atoms with Gasteiger partial charge in [0.25, 0.3) is 0 Å². The number of rotatable bonds is 7. The van der Waals surface area contributed by atoms with Crippen molar-refractivity contribution in [1.82, 2.24) is 14.7 Å². The fourth-order valence-corrected chi connectivity index (χ4v) is 3.31. The molecule has 2 amide bonds. The summed E-state index contributed by atoms with van der Waals surface area (Å²) in [6.45, 7) is 5.21. The molecule has 2 aliphatic heterocycles. The number of ether oxygens (including phenoxy) is 1. The quantitative estimate of drug-likeness (QED) is 0.684. The van der Waals surface area contributed by atoms with E-state index in [1.807, 2.05) is 21.7 Å². The van der Waals surface area contributed by atoms with Crippen molar-refractivity contribution >= 4 is 11.8 Å². The third-order valence-corrected chi connectivity index (χ3v) is 4.60. The summed E-state index contributed by atoms with van der Waals surface area (Å²) in [6.07, 6.45) is 3.84. The predicted molar refractivity (Wildman–Crippen MR) is 84.5 cm³/mol. The molecule has 0 unspecified atom stereocenters. The lowest BCUT2D eigenvalue weighted by molar-refractivity contribution is -0.134. The van der Waals surface area contributed by atoms with E-state index in [9.17, 15) is 9.59 Å². The molecule has 0 saturated carbocycles. The molecule has 22 heavy (non-hydrogen) atoms. The Hall–Kier alpha value is -1.14. The lowest BCUT2D eigenvalue weighted by atomic mass is 9.97. The van der Waals surface area contributed by atoms with Crippen LogP contribution in [0.4, 0.5) is 0 Å². The van der Waals surface area contributed by atoms with E-state index in [0.717, 1.165) is 52.0 Å². The topological polar surface area (TPSA) is 53.1 Å². The maximum Gasteiger partial charge on any atom is 0.236 e. The van der Waals surface area contributed by atoms with Gasteiger partial charge >= 0.3 is 0 Å². The number of piperidine rings is 1. The zero-order valence-electron chi connectivity index (χ0n) is 13.9. The van der Waals surface area contributed by atoms with Crippen molar-refractivity contribution in [3.63, 3.8) is 0 Å².